The van der Waals surface area contributed by atoms with Gasteiger partial charge in [-0.15, -0.1) is 18.9 Å². The van der Waals surface area contributed by atoms with Crippen molar-refractivity contribution < 1.29 is 24.0 Å². The van der Waals surface area contributed by atoms with Gasteiger partial charge in [0.05, 0.1) is 6.04 Å². The average Bonchev–Trinajstić information content (AvgIpc) is 3.51. The van der Waals surface area contributed by atoms with E-state index in [2.05, 4.69) is 101 Å². The molecule has 4 unspecified atom stereocenters. The number of hydrogen-bond donors (Lipinski definition) is 5. The van der Waals surface area contributed by atoms with Crippen molar-refractivity contribution in [1.29, 1.82) is 0 Å². The van der Waals surface area contributed by atoms with Crippen molar-refractivity contribution >= 4 is 29.5 Å². The van der Waals surface area contributed by atoms with Crippen LogP contribution >= 0.6 is 0 Å². The van der Waals surface area contributed by atoms with Crippen LogP contribution in [0.25, 0.3) is 0 Å². The van der Waals surface area contributed by atoms with Gasteiger partial charge in [0.2, 0.25) is 17.6 Å². The zero-order valence-electron chi connectivity index (χ0n) is 38.0. The van der Waals surface area contributed by atoms with Crippen LogP contribution in [0.15, 0.2) is 24.9 Å². The first-order chi connectivity index (χ1) is 27.4. The van der Waals surface area contributed by atoms with Crippen LogP contribution in [0, 0.1) is 35.0 Å². The molecule has 5 N–H and O–H groups in total. The minimum absolute atomic E-state index is 0.0534. The van der Waals surface area contributed by atoms with Gasteiger partial charge in [-0.2, -0.15) is 0 Å². The number of carbonyl (C=O) groups excluding carboxylic acids is 5. The Balaban J connectivity index is 0.00000542. The molecule has 1 aliphatic carbocycles. The summed E-state index contributed by atoms with van der Waals surface area (Å²) >= 11 is 0. The molecule has 2 fully saturated rings. The summed E-state index contributed by atoms with van der Waals surface area (Å²) < 4.78 is 0. The van der Waals surface area contributed by atoms with Gasteiger partial charge in [-0.05, 0) is 80.5 Å². The van der Waals surface area contributed by atoms with E-state index in [0.29, 0.717) is 25.3 Å². The van der Waals surface area contributed by atoms with Crippen molar-refractivity contribution in [3.63, 3.8) is 0 Å². The topological polar surface area (TPSA) is 149 Å². The van der Waals surface area contributed by atoms with Crippen molar-refractivity contribution in [2.75, 3.05) is 19.6 Å². The molecule has 0 spiro atoms. The number of ketones is 1. The normalized spacial score (nSPS) is 19.2. The number of nitrogens with one attached hydrogen (secondary N) is 5. The van der Waals surface area contributed by atoms with Crippen molar-refractivity contribution in [1.82, 2.24) is 31.5 Å². The van der Waals surface area contributed by atoms with Gasteiger partial charge in [0.15, 0.2) is 0 Å². The number of allylic oxidation sites excluding steroid dienone is 1. The van der Waals surface area contributed by atoms with Crippen molar-refractivity contribution in [2.24, 2.45) is 22.7 Å². The Morgan fingerprint density at radius 1 is 0.966 bits per heavy atom. The van der Waals surface area contributed by atoms with E-state index in [-0.39, 0.29) is 48.7 Å². The Hall–Kier alpha value is -3.81. The van der Waals surface area contributed by atoms with Gasteiger partial charge in [-0.3, -0.25) is 19.2 Å². The molecule has 0 aromatic rings. The summed E-state index contributed by atoms with van der Waals surface area (Å²) in [4.78, 5) is 70.7. The van der Waals surface area contributed by atoms with E-state index in [9.17, 15) is 24.0 Å². The number of amides is 5. The molecule has 1 heterocycles. The molecule has 330 valence electrons. The van der Waals surface area contributed by atoms with Crippen molar-refractivity contribution in [2.45, 2.75) is 189 Å². The largest absolute Gasteiger partial charge is 0.389 e. The summed E-state index contributed by atoms with van der Waals surface area (Å²) in [6, 6.07) is -3.40. The second-order valence-electron chi connectivity index (χ2n) is 18.0. The van der Waals surface area contributed by atoms with Crippen LogP contribution in [0.5, 0.6) is 0 Å². The molecule has 1 saturated heterocycles. The molecule has 58 heavy (non-hydrogen) atoms. The summed E-state index contributed by atoms with van der Waals surface area (Å²) in [5.74, 6) is 0.697. The molecule has 5 atom stereocenters. The maximum absolute atomic E-state index is 14.9. The predicted octanol–water partition coefficient (Wildman–Crippen LogP) is 7.95. The van der Waals surface area contributed by atoms with Crippen LogP contribution in [0.3, 0.4) is 0 Å². The molecule has 1 saturated carbocycles. The van der Waals surface area contributed by atoms with Gasteiger partial charge >= 0.3 is 6.03 Å². The zero-order valence-corrected chi connectivity index (χ0v) is 38.0. The minimum atomic E-state index is -1.13. The first-order valence-corrected chi connectivity index (χ1v) is 22.4. The maximum Gasteiger partial charge on any atom is 0.315 e. The fourth-order valence-electron chi connectivity index (χ4n) is 7.73. The highest BCUT2D eigenvalue weighted by Crippen LogP contribution is 2.40. The van der Waals surface area contributed by atoms with E-state index in [4.69, 9.17) is 6.42 Å². The van der Waals surface area contributed by atoms with Crippen molar-refractivity contribution in [3.8, 4) is 12.3 Å². The maximum atomic E-state index is 14.9. The lowest BCUT2D eigenvalue weighted by atomic mass is 9.75. The lowest BCUT2D eigenvalue weighted by molar-refractivity contribution is -0.144. The van der Waals surface area contributed by atoms with Crippen molar-refractivity contribution in [3.05, 3.63) is 24.9 Å². The highest BCUT2D eigenvalue weighted by molar-refractivity contribution is 6.38. The Labute approximate surface area is 352 Å². The third-order valence-electron chi connectivity index (χ3n) is 12.0. The first kappa shape index (κ1) is 52.2. The van der Waals surface area contributed by atoms with E-state index >= 15 is 0 Å². The van der Waals surface area contributed by atoms with Crippen LogP contribution < -0.4 is 26.6 Å². The van der Waals surface area contributed by atoms with E-state index in [1.807, 2.05) is 6.92 Å². The monoisotopic (exact) mass is 811 g/mol. The predicted molar refractivity (Wildman–Crippen MR) is 238 cm³/mol. The van der Waals surface area contributed by atoms with E-state index < -0.39 is 41.1 Å². The number of hydrogen-bond acceptors (Lipinski definition) is 6. The summed E-state index contributed by atoms with van der Waals surface area (Å²) in [6.45, 7) is 28.4. The molecule has 11 heteroatoms. The minimum Gasteiger partial charge on any atom is -0.389 e. The number of likely N-dealkylation sites (tertiary alicyclic amines) is 1. The fourth-order valence-corrected chi connectivity index (χ4v) is 7.73. The lowest BCUT2D eigenvalue weighted by Crippen LogP contribution is -2.62. The summed E-state index contributed by atoms with van der Waals surface area (Å²) in [7, 11) is 0. The number of Topliss-reactive ketones (excluding diaryl/α,β-unsaturated/α-hetero) is 1. The zero-order chi connectivity index (χ0) is 43.9. The summed E-state index contributed by atoms with van der Waals surface area (Å²) in [5, 5.41) is 15.2. The molecule has 2 aliphatic rings. The fraction of sp³-hybridized carbons (Fsp3) is 0.766. The van der Waals surface area contributed by atoms with Crippen LogP contribution in [0.1, 0.15) is 165 Å². The summed E-state index contributed by atoms with van der Waals surface area (Å²) in [5.41, 5.74) is 0.269. The number of urea groups is 1. The van der Waals surface area contributed by atoms with Gasteiger partial charge in [0.1, 0.15) is 12.1 Å². The Bertz CT molecular complexity index is 1360. The quantitative estimate of drug-likeness (QED) is 0.0233. The molecule has 1 aliphatic heterocycles. The molecule has 0 radical (unpaired) electrons. The average molecular weight is 811 g/mol. The Kier molecular flexibility index (Phi) is 24.3. The smallest absolute Gasteiger partial charge is 0.315 e. The van der Waals surface area contributed by atoms with E-state index in [1.54, 1.807) is 11.0 Å². The second kappa shape index (κ2) is 27.0. The molecular formula is C47H82N6O5. The SMILES string of the molecule is C#CCCC(NC(=O)C1C[C@@H](CC)CN1C(=O)C(NC(=O)NC(CCCC(=C)NCC(C)C)C(C)(C)CC)C1(C)CCCCCC1)C(=O)C(=O)NCCC=C.CCC. The lowest BCUT2D eigenvalue weighted by Gasteiger charge is -2.41. The molecule has 0 aromatic heterocycles. The first-order valence-electron chi connectivity index (χ1n) is 22.4. The van der Waals surface area contributed by atoms with Gasteiger partial charge in [-0.25, -0.2) is 4.79 Å². The molecule has 11 nitrogen and oxygen atoms in total. The molecule has 2 rings (SSSR count). The Morgan fingerprint density at radius 3 is 2.16 bits per heavy atom. The van der Waals surface area contributed by atoms with Gasteiger partial charge in [-0.1, -0.05) is 113 Å². The Morgan fingerprint density at radius 2 is 1.60 bits per heavy atom. The third kappa shape index (κ3) is 17.6. The van der Waals surface area contributed by atoms with E-state index in [1.165, 1.54) is 6.42 Å². The second-order valence-corrected chi connectivity index (χ2v) is 18.0. The number of terminal acetylenes is 1. The highest BCUT2D eigenvalue weighted by atomic mass is 16.2. The van der Waals surface area contributed by atoms with E-state index in [0.717, 1.165) is 82.9 Å². The number of carbonyl (C=O) groups is 5. The van der Waals surface area contributed by atoms with Gasteiger partial charge in [0, 0.05) is 37.8 Å². The van der Waals surface area contributed by atoms with Crippen LogP contribution in [-0.2, 0) is 19.2 Å². The number of nitrogens with zero attached hydrogens (tertiary/aromatic N) is 1. The highest BCUT2D eigenvalue weighted by Gasteiger charge is 2.48. The van der Waals surface area contributed by atoms with Gasteiger partial charge in [0.25, 0.3) is 5.91 Å². The molecular weight excluding hydrogens is 729 g/mol. The van der Waals surface area contributed by atoms with Gasteiger partial charge < -0.3 is 31.5 Å². The van der Waals surface area contributed by atoms with Crippen LogP contribution in [0.2, 0.25) is 0 Å². The molecule has 0 aromatic carbocycles. The number of rotatable bonds is 23. The van der Waals surface area contributed by atoms with Crippen LogP contribution in [-0.4, -0.2) is 78.2 Å². The summed E-state index contributed by atoms with van der Waals surface area (Å²) in [6.07, 6.45) is 19.1. The van der Waals surface area contributed by atoms with Crippen LogP contribution in [0.4, 0.5) is 4.79 Å². The standard InChI is InChI=1S/C44H74N6O5.C3H8/c1-11-15-23-34(37(51)40(53)45-27-16-12-2)47-39(52)35-28-33(13-3)30-50(35)41(54)38(44(10)25-19-17-18-20-26-44)49-42(55)48-36(43(8,9)14-4)24-21-22-32(7)46-29-31(5)6;1-3-2/h1,12,31,33-36,38,46H,2,7,13-30H2,3-6,8-10H3,(H,45,53)(H,47,52)(H2,48,49,55);3H2,1-2H3/t33-,34?,35?,36?,38?;/m1./s1. The molecule has 0 bridgehead atoms. The third-order valence-corrected chi connectivity index (χ3v) is 12.0. The molecule has 5 amide bonds.